The van der Waals surface area contributed by atoms with Gasteiger partial charge in [-0.3, -0.25) is 9.59 Å². The predicted molar refractivity (Wildman–Crippen MR) is 108 cm³/mol. The fourth-order valence-corrected chi connectivity index (χ4v) is 3.72. The normalized spacial score (nSPS) is 12.4. The Morgan fingerprint density at radius 3 is 2.48 bits per heavy atom. The van der Waals surface area contributed by atoms with Gasteiger partial charge in [0.15, 0.2) is 11.6 Å². The number of halogens is 2. The van der Waals surface area contributed by atoms with Gasteiger partial charge in [0.05, 0.1) is 11.4 Å². The summed E-state index contributed by atoms with van der Waals surface area (Å²) < 4.78 is 27.5. The van der Waals surface area contributed by atoms with Crippen LogP contribution in [0, 0.1) is 11.6 Å². The van der Waals surface area contributed by atoms with E-state index in [1.807, 2.05) is 31.2 Å². The summed E-state index contributed by atoms with van der Waals surface area (Å²) in [5, 5.41) is 1.25. The number of carbonyl (C=O) groups excluding carboxylic acids is 1. The number of amides is 1. The molecule has 2 N–H and O–H groups in total. The maximum atomic E-state index is 13.9. The summed E-state index contributed by atoms with van der Waals surface area (Å²) in [4.78, 5) is 32.5. The third-order valence-electron chi connectivity index (χ3n) is 5.25. The van der Waals surface area contributed by atoms with Gasteiger partial charge in [-0.2, -0.15) is 0 Å². The van der Waals surface area contributed by atoms with Crippen LogP contribution in [0.15, 0.2) is 53.5 Å². The molecule has 0 fully saturated rings. The van der Waals surface area contributed by atoms with E-state index in [1.165, 1.54) is 6.20 Å². The molecule has 0 saturated carbocycles. The van der Waals surface area contributed by atoms with E-state index in [9.17, 15) is 18.4 Å². The number of hydrogen-bond acceptors (Lipinski definition) is 2. The molecule has 29 heavy (non-hydrogen) atoms. The lowest BCUT2D eigenvalue weighted by Crippen LogP contribution is -2.34. The molecule has 0 saturated heterocycles. The number of hydrogen-bond donors (Lipinski definition) is 2. The molecular weight excluding hydrogens is 376 g/mol. The quantitative estimate of drug-likeness (QED) is 0.534. The van der Waals surface area contributed by atoms with Crippen LogP contribution >= 0.6 is 0 Å². The van der Waals surface area contributed by atoms with Crippen molar-refractivity contribution in [3.8, 4) is 0 Å². The average molecular weight is 395 g/mol. The Morgan fingerprint density at radius 1 is 1.10 bits per heavy atom. The van der Waals surface area contributed by atoms with E-state index < -0.39 is 23.2 Å². The number of aromatic amines is 2. The second-order valence-electron chi connectivity index (χ2n) is 6.92. The van der Waals surface area contributed by atoms with Crippen LogP contribution < -0.4 is 5.56 Å². The molecule has 0 bridgehead atoms. The van der Waals surface area contributed by atoms with Gasteiger partial charge in [0.25, 0.3) is 11.5 Å². The van der Waals surface area contributed by atoms with E-state index in [0.717, 1.165) is 23.0 Å². The van der Waals surface area contributed by atoms with Crippen LogP contribution in [0.5, 0.6) is 0 Å². The monoisotopic (exact) mass is 395 g/mol. The lowest BCUT2D eigenvalue weighted by molar-refractivity contribution is 0.0698. The zero-order valence-corrected chi connectivity index (χ0v) is 15.9. The van der Waals surface area contributed by atoms with E-state index in [4.69, 9.17) is 0 Å². The fraction of sp³-hybridized carbons (Fsp3) is 0.182. The van der Waals surface area contributed by atoms with Crippen molar-refractivity contribution in [1.29, 1.82) is 0 Å². The van der Waals surface area contributed by atoms with Gasteiger partial charge in [-0.05, 0) is 49.1 Å². The zero-order valence-electron chi connectivity index (χ0n) is 15.9. The van der Waals surface area contributed by atoms with Crippen molar-refractivity contribution < 1.29 is 13.6 Å². The number of para-hydroxylation sites is 1. The van der Waals surface area contributed by atoms with Crippen LogP contribution in [0.3, 0.4) is 0 Å². The summed E-state index contributed by atoms with van der Waals surface area (Å²) in [6.07, 6.45) is 1.45. The summed E-state index contributed by atoms with van der Waals surface area (Å²) in [6, 6.07) is 10.8. The highest BCUT2D eigenvalue weighted by atomic mass is 19.2. The molecule has 1 atom stereocenters. The molecule has 2 aromatic carbocycles. The first-order chi connectivity index (χ1) is 13.9. The van der Waals surface area contributed by atoms with E-state index in [1.54, 1.807) is 17.9 Å². The van der Waals surface area contributed by atoms with Crippen molar-refractivity contribution in [3.63, 3.8) is 0 Å². The fourth-order valence-electron chi connectivity index (χ4n) is 3.72. The molecule has 0 unspecified atom stereocenters. The Kier molecular flexibility index (Phi) is 4.66. The maximum absolute atomic E-state index is 13.9. The molecule has 1 amide bonds. The molecule has 0 radical (unpaired) electrons. The first-order valence-corrected chi connectivity index (χ1v) is 9.29. The Morgan fingerprint density at radius 2 is 1.79 bits per heavy atom. The van der Waals surface area contributed by atoms with E-state index >= 15 is 0 Å². The number of nitrogens with one attached hydrogen (secondary N) is 2. The topological polar surface area (TPSA) is 69.0 Å². The second-order valence-corrected chi connectivity index (χ2v) is 6.92. The van der Waals surface area contributed by atoms with Crippen LogP contribution in [0.25, 0.3) is 21.7 Å². The Labute approximate surface area is 165 Å². The highest BCUT2D eigenvalue weighted by Crippen LogP contribution is 2.29. The highest BCUT2D eigenvalue weighted by molar-refractivity contribution is 5.98. The van der Waals surface area contributed by atoms with Crippen LogP contribution in [-0.2, 0) is 0 Å². The molecule has 2 heterocycles. The van der Waals surface area contributed by atoms with Gasteiger partial charge < -0.3 is 14.9 Å². The lowest BCUT2D eigenvalue weighted by Gasteiger charge is -2.28. The first-order valence-electron chi connectivity index (χ1n) is 9.29. The van der Waals surface area contributed by atoms with Crippen LogP contribution in [-0.4, -0.2) is 27.3 Å². The van der Waals surface area contributed by atoms with Crippen molar-refractivity contribution in [2.24, 2.45) is 0 Å². The number of pyridine rings is 1. The average Bonchev–Trinajstić information content (AvgIpc) is 3.14. The van der Waals surface area contributed by atoms with E-state index in [2.05, 4.69) is 9.97 Å². The third-order valence-corrected chi connectivity index (χ3v) is 5.25. The van der Waals surface area contributed by atoms with Gasteiger partial charge in [-0.1, -0.05) is 18.2 Å². The molecule has 0 aliphatic heterocycles. The first kappa shape index (κ1) is 18.9. The summed E-state index contributed by atoms with van der Waals surface area (Å²) in [5.41, 5.74) is 1.31. The second kappa shape index (κ2) is 7.16. The third kappa shape index (κ3) is 3.18. The van der Waals surface area contributed by atoms with Gasteiger partial charge in [-0.15, -0.1) is 0 Å². The molecule has 148 valence electrons. The van der Waals surface area contributed by atoms with Gasteiger partial charge in [0, 0.05) is 23.6 Å². The zero-order chi connectivity index (χ0) is 20.7. The minimum atomic E-state index is -1.09. The minimum absolute atomic E-state index is 0.0439. The highest BCUT2D eigenvalue weighted by Gasteiger charge is 2.25. The number of carbonyl (C=O) groups is 1. The standard InChI is InChI=1S/C22H19F2N3O2/c1-3-27(22(29)20-8-13-6-4-5-7-19(13)26-20)12(2)16-11-25-21(28)15-10-18(24)17(23)9-14(15)16/h4-12,26H,3H2,1-2H3,(H,25,28)/t12-/m1/s1. The summed E-state index contributed by atoms with van der Waals surface area (Å²) >= 11 is 0. The molecular formula is C22H19F2N3O2. The van der Waals surface area contributed by atoms with Crippen LogP contribution in [0.4, 0.5) is 8.78 Å². The van der Waals surface area contributed by atoms with E-state index in [-0.39, 0.29) is 16.7 Å². The van der Waals surface area contributed by atoms with Gasteiger partial charge in [0.1, 0.15) is 5.69 Å². The number of H-pyrrole nitrogens is 2. The SMILES string of the molecule is CCN(C(=O)c1cc2ccccc2[nH]1)[C@H](C)c1c[nH]c(=O)c2cc(F)c(F)cc12. The Bertz CT molecular complexity index is 1260. The van der Waals surface area contributed by atoms with Gasteiger partial charge in [0.2, 0.25) is 0 Å². The summed E-state index contributed by atoms with van der Waals surface area (Å²) in [7, 11) is 0. The lowest BCUT2D eigenvalue weighted by atomic mass is 10.0. The molecule has 5 nitrogen and oxygen atoms in total. The molecule has 0 aliphatic carbocycles. The number of aromatic nitrogens is 2. The van der Waals surface area contributed by atoms with Crippen molar-refractivity contribution >= 4 is 27.6 Å². The van der Waals surface area contributed by atoms with Crippen molar-refractivity contribution in [1.82, 2.24) is 14.9 Å². The Balaban J connectivity index is 1.78. The number of benzene rings is 2. The van der Waals surface area contributed by atoms with Crippen molar-refractivity contribution in [2.45, 2.75) is 19.9 Å². The van der Waals surface area contributed by atoms with Crippen molar-refractivity contribution in [3.05, 3.63) is 81.9 Å². The van der Waals surface area contributed by atoms with Crippen LogP contribution in [0.1, 0.15) is 35.9 Å². The number of rotatable bonds is 4. The maximum Gasteiger partial charge on any atom is 0.270 e. The van der Waals surface area contributed by atoms with Crippen LogP contribution in [0.2, 0.25) is 0 Å². The smallest absolute Gasteiger partial charge is 0.270 e. The molecule has 0 aliphatic rings. The van der Waals surface area contributed by atoms with E-state index in [0.29, 0.717) is 17.8 Å². The Hall–Kier alpha value is -3.48. The minimum Gasteiger partial charge on any atom is -0.351 e. The van der Waals surface area contributed by atoms with Gasteiger partial charge in [-0.25, -0.2) is 8.78 Å². The molecule has 4 rings (SSSR count). The summed E-state index contributed by atoms with van der Waals surface area (Å²) in [5.74, 6) is -2.35. The van der Waals surface area contributed by atoms with Gasteiger partial charge >= 0.3 is 0 Å². The number of nitrogens with zero attached hydrogens (tertiary/aromatic N) is 1. The molecule has 0 spiro atoms. The molecule has 4 aromatic rings. The largest absolute Gasteiger partial charge is 0.351 e. The number of fused-ring (bicyclic) bond motifs is 2. The summed E-state index contributed by atoms with van der Waals surface area (Å²) in [6.45, 7) is 4.02. The predicted octanol–water partition coefficient (Wildman–Crippen LogP) is 4.51. The van der Waals surface area contributed by atoms with Crippen molar-refractivity contribution in [2.75, 3.05) is 6.54 Å². The molecule has 7 heteroatoms. The molecule has 2 aromatic heterocycles.